The van der Waals surface area contributed by atoms with Gasteiger partial charge in [-0.2, -0.15) is 0 Å². The molecule has 0 bridgehead atoms. The van der Waals surface area contributed by atoms with Crippen LogP contribution >= 0.6 is 23.5 Å². The van der Waals surface area contributed by atoms with E-state index in [2.05, 4.69) is 0 Å². The van der Waals surface area contributed by atoms with Crippen LogP contribution in [0.25, 0.3) is 0 Å². The summed E-state index contributed by atoms with van der Waals surface area (Å²) in [5, 5.41) is 9.63. The molecule has 2 unspecified atom stereocenters. The first-order valence-electron chi connectivity index (χ1n) is 9.03. The fourth-order valence-corrected chi connectivity index (χ4v) is 6.63. The highest BCUT2D eigenvalue weighted by Crippen LogP contribution is 2.45. The molecule has 2 heterocycles. The number of nitrogens with zero attached hydrogens (tertiary/aromatic N) is 1. The van der Waals surface area contributed by atoms with Gasteiger partial charge in [0.1, 0.15) is 0 Å². The van der Waals surface area contributed by atoms with Gasteiger partial charge in [0.15, 0.2) is 0 Å². The number of carboxylic acids is 1. The third kappa shape index (κ3) is 3.87. The number of rotatable bonds is 4. The lowest BCUT2D eigenvalue weighted by Crippen LogP contribution is -2.29. The van der Waals surface area contributed by atoms with Crippen LogP contribution in [0.3, 0.4) is 0 Å². The van der Waals surface area contributed by atoms with Crippen molar-refractivity contribution >= 4 is 35.4 Å². The van der Waals surface area contributed by atoms with Gasteiger partial charge in [0.05, 0.1) is 10.5 Å². The van der Waals surface area contributed by atoms with Crippen molar-refractivity contribution in [3.8, 4) is 0 Å². The number of hydrogen-bond donors (Lipinski definition) is 1. The van der Waals surface area contributed by atoms with Crippen LogP contribution in [0, 0.1) is 5.92 Å². The highest BCUT2D eigenvalue weighted by Gasteiger charge is 2.40. The Hall–Kier alpha value is -1.92. The molecule has 0 aromatic heterocycles. The summed E-state index contributed by atoms with van der Waals surface area (Å²) in [7, 11) is 0. The van der Waals surface area contributed by atoms with Crippen LogP contribution in [0.15, 0.2) is 54.6 Å². The number of thioether (sulfide) groups is 2. The highest BCUT2D eigenvalue weighted by molar-refractivity contribution is 8.19. The molecule has 2 aromatic rings. The van der Waals surface area contributed by atoms with Gasteiger partial charge in [-0.15, -0.1) is 23.5 Å². The number of likely N-dealkylation sites (tertiary alicyclic amines) is 1. The molecule has 2 atom stereocenters. The molecule has 0 saturated carbocycles. The third-order valence-corrected chi connectivity index (χ3v) is 8.31. The van der Waals surface area contributed by atoms with E-state index in [0.29, 0.717) is 16.7 Å². The maximum Gasteiger partial charge on any atom is 0.308 e. The predicted octanol–water partition coefficient (Wildman–Crippen LogP) is 4.11. The van der Waals surface area contributed by atoms with Crippen molar-refractivity contribution in [1.29, 1.82) is 0 Å². The summed E-state index contributed by atoms with van der Waals surface area (Å²) in [6.07, 6.45) is 0. The molecule has 2 aliphatic rings. The van der Waals surface area contributed by atoms with Gasteiger partial charge in [-0.3, -0.25) is 9.59 Å². The lowest BCUT2D eigenvalue weighted by Gasteiger charge is -2.17. The minimum absolute atomic E-state index is 0.0852. The van der Waals surface area contributed by atoms with Crippen molar-refractivity contribution in [2.24, 2.45) is 5.92 Å². The summed E-state index contributed by atoms with van der Waals surface area (Å²) < 4.78 is 0.458. The van der Waals surface area contributed by atoms with E-state index in [-0.39, 0.29) is 18.4 Å². The largest absolute Gasteiger partial charge is 0.481 e. The molecule has 0 radical (unpaired) electrons. The number of carboxylic acid groups (broad SMARTS) is 1. The summed E-state index contributed by atoms with van der Waals surface area (Å²) in [5.74, 6) is 0.672. The van der Waals surface area contributed by atoms with E-state index in [0.717, 1.165) is 5.56 Å². The Bertz CT molecular complexity index is 819. The summed E-state index contributed by atoms with van der Waals surface area (Å²) in [6, 6.07) is 17.4. The molecule has 0 aliphatic carbocycles. The highest BCUT2D eigenvalue weighted by atomic mass is 32.2. The van der Waals surface area contributed by atoms with Crippen molar-refractivity contribution in [2.45, 2.75) is 10.5 Å². The first kappa shape index (κ1) is 18.4. The van der Waals surface area contributed by atoms with Gasteiger partial charge in [0, 0.05) is 36.1 Å². The van der Waals surface area contributed by atoms with Crippen LogP contribution in [0.4, 0.5) is 0 Å². The first-order valence-corrected chi connectivity index (χ1v) is 11.1. The summed E-state index contributed by atoms with van der Waals surface area (Å²) in [5.41, 5.74) is 2.85. The Morgan fingerprint density at radius 1 is 0.889 bits per heavy atom. The number of aliphatic carboxylic acids is 1. The van der Waals surface area contributed by atoms with Crippen molar-refractivity contribution in [3.05, 3.63) is 71.3 Å². The molecule has 1 amide bonds. The molecule has 2 aromatic carbocycles. The Morgan fingerprint density at radius 2 is 1.56 bits per heavy atom. The number of benzene rings is 2. The Morgan fingerprint density at radius 3 is 2.19 bits per heavy atom. The number of carbonyl (C=O) groups excluding carboxylic acids is 1. The van der Waals surface area contributed by atoms with Gasteiger partial charge in [-0.05, 0) is 23.3 Å². The first-order chi connectivity index (χ1) is 13.1. The van der Waals surface area contributed by atoms with Gasteiger partial charge < -0.3 is 10.0 Å². The fourth-order valence-electron chi connectivity index (χ4n) is 3.77. The van der Waals surface area contributed by atoms with Gasteiger partial charge in [-0.25, -0.2) is 0 Å². The smallest absolute Gasteiger partial charge is 0.308 e. The second-order valence-corrected chi connectivity index (χ2v) is 9.59. The number of hydrogen-bond acceptors (Lipinski definition) is 4. The maximum absolute atomic E-state index is 12.9. The monoisotopic (exact) mass is 399 g/mol. The van der Waals surface area contributed by atoms with Crippen molar-refractivity contribution in [3.63, 3.8) is 0 Å². The van der Waals surface area contributed by atoms with Gasteiger partial charge >= 0.3 is 5.97 Å². The van der Waals surface area contributed by atoms with E-state index in [9.17, 15) is 14.7 Å². The Kier molecular flexibility index (Phi) is 5.45. The molecule has 6 heteroatoms. The minimum atomic E-state index is -0.843. The van der Waals surface area contributed by atoms with Crippen molar-refractivity contribution < 1.29 is 14.7 Å². The van der Waals surface area contributed by atoms with Crippen LogP contribution in [0.2, 0.25) is 0 Å². The zero-order valence-electron chi connectivity index (χ0n) is 14.8. The zero-order chi connectivity index (χ0) is 18.8. The molecule has 2 fully saturated rings. The average Bonchev–Trinajstić information content (AvgIpc) is 3.38. The van der Waals surface area contributed by atoms with Gasteiger partial charge in [-0.1, -0.05) is 42.5 Å². The van der Waals surface area contributed by atoms with Crippen molar-refractivity contribution in [1.82, 2.24) is 4.90 Å². The third-order valence-electron chi connectivity index (χ3n) is 5.20. The van der Waals surface area contributed by atoms with Crippen LogP contribution < -0.4 is 0 Å². The van der Waals surface area contributed by atoms with E-state index in [1.54, 1.807) is 4.90 Å². The quantitative estimate of drug-likeness (QED) is 0.839. The molecule has 0 spiro atoms. The number of carbonyl (C=O) groups is 2. The normalized spacial score (nSPS) is 22.9. The lowest BCUT2D eigenvalue weighted by atomic mass is 9.89. The van der Waals surface area contributed by atoms with E-state index in [1.165, 1.54) is 17.1 Å². The average molecular weight is 400 g/mol. The van der Waals surface area contributed by atoms with Crippen LogP contribution in [0.1, 0.15) is 32.0 Å². The minimum Gasteiger partial charge on any atom is -0.481 e. The van der Waals surface area contributed by atoms with Crippen LogP contribution in [0.5, 0.6) is 0 Å². The standard InChI is InChI=1S/C21H21NO3S2/c23-19(15-6-8-16(9-7-15)21-26-10-11-27-21)22-12-17(18(13-22)20(24)25)14-4-2-1-3-5-14/h1-9,17-18,21H,10-13H2,(H,24,25). The Labute approximate surface area is 167 Å². The number of amides is 1. The molecule has 4 rings (SSSR count). The van der Waals surface area contributed by atoms with Crippen molar-refractivity contribution in [2.75, 3.05) is 24.6 Å². The SMILES string of the molecule is O=C(O)C1CN(C(=O)c2ccc(C3SCCS3)cc2)CC1c1ccccc1. The topological polar surface area (TPSA) is 57.6 Å². The molecule has 2 saturated heterocycles. The summed E-state index contributed by atoms with van der Waals surface area (Å²) in [4.78, 5) is 26.4. The predicted molar refractivity (Wildman–Crippen MR) is 110 cm³/mol. The molecular weight excluding hydrogens is 378 g/mol. The van der Waals surface area contributed by atoms with E-state index >= 15 is 0 Å². The van der Waals surface area contributed by atoms with E-state index in [4.69, 9.17) is 0 Å². The molecule has 2 aliphatic heterocycles. The van der Waals surface area contributed by atoms with Gasteiger partial charge in [0.2, 0.25) is 0 Å². The fraction of sp³-hybridized carbons (Fsp3) is 0.333. The Balaban J connectivity index is 1.51. The molecule has 140 valence electrons. The van der Waals surface area contributed by atoms with Crippen LogP contribution in [-0.4, -0.2) is 46.5 Å². The summed E-state index contributed by atoms with van der Waals surface area (Å²) in [6.45, 7) is 0.694. The van der Waals surface area contributed by atoms with E-state index < -0.39 is 11.9 Å². The second kappa shape index (κ2) is 7.98. The second-order valence-electron chi connectivity index (χ2n) is 6.87. The molecule has 4 nitrogen and oxygen atoms in total. The molecular formula is C21H21NO3S2. The van der Waals surface area contributed by atoms with Gasteiger partial charge in [0.25, 0.3) is 5.91 Å². The van der Waals surface area contributed by atoms with Crippen LogP contribution in [-0.2, 0) is 4.79 Å². The molecule has 27 heavy (non-hydrogen) atoms. The zero-order valence-corrected chi connectivity index (χ0v) is 16.4. The maximum atomic E-state index is 12.9. The lowest BCUT2D eigenvalue weighted by molar-refractivity contribution is -0.141. The molecule has 1 N–H and O–H groups in total. The van der Waals surface area contributed by atoms with E-state index in [1.807, 2.05) is 78.1 Å². The summed E-state index contributed by atoms with van der Waals surface area (Å²) >= 11 is 3.88.